The van der Waals surface area contributed by atoms with Gasteiger partial charge >= 0.3 is 10.2 Å². The highest BCUT2D eigenvalue weighted by molar-refractivity contribution is 8.45. The molecule has 1 atom stereocenters. The predicted octanol–water partition coefficient (Wildman–Crippen LogP) is 5.77. The number of nitrogens with zero attached hydrogens (tertiary/aromatic N) is 4. The monoisotopic (exact) mass is 446 g/mol. The van der Waals surface area contributed by atoms with Gasteiger partial charge in [0.25, 0.3) is 0 Å². The van der Waals surface area contributed by atoms with Crippen molar-refractivity contribution in [3.63, 3.8) is 0 Å². The van der Waals surface area contributed by atoms with Crippen LogP contribution in [0.1, 0.15) is 31.2 Å². The van der Waals surface area contributed by atoms with Crippen molar-refractivity contribution in [2.24, 2.45) is 0 Å². The number of hydrogen-bond acceptors (Lipinski definition) is 5. The Morgan fingerprint density at radius 1 is 1.13 bits per heavy atom. The maximum atomic E-state index is 13.0. The van der Waals surface area contributed by atoms with E-state index in [4.69, 9.17) is 9.47 Å². The number of rotatable bonds is 3. The summed E-state index contributed by atoms with van der Waals surface area (Å²) in [5, 5.41) is 14.0. The van der Waals surface area contributed by atoms with Gasteiger partial charge in [-0.1, -0.05) is 19.4 Å². The maximum Gasteiger partial charge on any atom is 0.310 e. The lowest BCUT2D eigenvalue weighted by Gasteiger charge is -2.40. The van der Waals surface area contributed by atoms with Crippen molar-refractivity contribution in [2.75, 3.05) is 6.61 Å². The first-order valence-corrected chi connectivity index (χ1v) is 10.6. The van der Waals surface area contributed by atoms with Crippen molar-refractivity contribution >= 4 is 21.3 Å². The Kier molecular flexibility index (Phi) is 3.89. The van der Waals surface area contributed by atoms with E-state index in [1.807, 2.05) is 6.07 Å². The van der Waals surface area contributed by atoms with Gasteiger partial charge in [-0.05, 0) is 49.7 Å². The average Bonchev–Trinajstić information content (AvgIpc) is 3.20. The molecule has 1 unspecified atom stereocenters. The first kappa shape index (κ1) is 20.5. The molecule has 0 saturated carbocycles. The minimum atomic E-state index is -9.79. The fraction of sp³-hybridized carbons (Fsp3) is 0.278. The standard InChI is InChI=1S/C18H15F5N4O2S/c1-18(2)28-10-15(29-18)13-7-8-25-17-16(13)14(9-24)26-27(17)11-3-5-12(6-4-11)30(19,20,21,22)23/h3-8,15H,10H2,1-2H3. The second kappa shape index (κ2) is 5.69. The normalized spacial score (nSPS) is 21.2. The number of pyridine rings is 1. The fourth-order valence-corrected chi connectivity index (χ4v) is 3.93. The summed E-state index contributed by atoms with van der Waals surface area (Å²) in [7, 11) is -9.79. The van der Waals surface area contributed by atoms with Crippen LogP contribution < -0.4 is 0 Å². The smallest absolute Gasteiger partial charge is 0.310 e. The molecule has 2 aromatic heterocycles. The van der Waals surface area contributed by atoms with Crippen molar-refractivity contribution in [3.05, 3.63) is 47.8 Å². The summed E-state index contributed by atoms with van der Waals surface area (Å²) in [4.78, 5) is 2.17. The summed E-state index contributed by atoms with van der Waals surface area (Å²) in [5.41, 5.74) is 0.772. The minimum absolute atomic E-state index is 0.0294. The Morgan fingerprint density at radius 3 is 2.33 bits per heavy atom. The van der Waals surface area contributed by atoms with Crippen LogP contribution in [0.5, 0.6) is 0 Å². The fourth-order valence-electron chi connectivity index (χ4n) is 3.28. The number of fused-ring (bicyclic) bond motifs is 1. The molecule has 0 aliphatic carbocycles. The Hall–Kier alpha value is -2.75. The summed E-state index contributed by atoms with van der Waals surface area (Å²) in [6.45, 7) is 3.70. The molecule has 4 rings (SSSR count). The van der Waals surface area contributed by atoms with Gasteiger partial charge in [-0.15, -0.1) is 0 Å². The number of nitriles is 1. The molecule has 0 spiro atoms. The van der Waals surface area contributed by atoms with Gasteiger partial charge in [-0.3, -0.25) is 0 Å². The summed E-state index contributed by atoms with van der Waals surface area (Å²) >= 11 is 0. The number of hydrogen-bond donors (Lipinski definition) is 0. The van der Waals surface area contributed by atoms with Crippen LogP contribution in [0.4, 0.5) is 19.4 Å². The predicted molar refractivity (Wildman–Crippen MR) is 98.8 cm³/mol. The molecule has 6 nitrogen and oxygen atoms in total. The van der Waals surface area contributed by atoms with E-state index in [0.29, 0.717) is 10.9 Å². The molecule has 12 heteroatoms. The second-order valence-electron chi connectivity index (χ2n) is 7.25. The topological polar surface area (TPSA) is 73.0 Å². The molecule has 30 heavy (non-hydrogen) atoms. The minimum Gasteiger partial charge on any atom is -0.347 e. The molecule has 0 bridgehead atoms. The molecule has 0 radical (unpaired) electrons. The van der Waals surface area contributed by atoms with Crippen molar-refractivity contribution in [1.82, 2.24) is 14.8 Å². The summed E-state index contributed by atoms with van der Waals surface area (Å²) in [6, 6.07) is 5.86. The van der Waals surface area contributed by atoms with Gasteiger partial charge in [0.05, 0.1) is 17.7 Å². The van der Waals surface area contributed by atoms with E-state index in [1.165, 1.54) is 6.20 Å². The van der Waals surface area contributed by atoms with Crippen LogP contribution >= 0.6 is 10.2 Å². The Balaban J connectivity index is 1.84. The zero-order chi connectivity index (χ0) is 22.0. The third-order valence-electron chi connectivity index (χ3n) is 4.59. The molecule has 0 N–H and O–H groups in total. The molecule has 1 fully saturated rings. The van der Waals surface area contributed by atoms with Gasteiger partial charge in [-0.2, -0.15) is 10.4 Å². The van der Waals surface area contributed by atoms with Gasteiger partial charge in [0.2, 0.25) is 0 Å². The number of ether oxygens (including phenoxy) is 2. The van der Waals surface area contributed by atoms with Crippen LogP contribution in [-0.4, -0.2) is 27.2 Å². The van der Waals surface area contributed by atoms with Crippen molar-refractivity contribution in [1.29, 1.82) is 5.26 Å². The Labute approximate surface area is 167 Å². The Bertz CT molecular complexity index is 1200. The van der Waals surface area contributed by atoms with Crippen LogP contribution in [0.2, 0.25) is 0 Å². The molecule has 1 aromatic carbocycles. The van der Waals surface area contributed by atoms with Crippen molar-refractivity contribution in [2.45, 2.75) is 30.6 Å². The lowest BCUT2D eigenvalue weighted by atomic mass is 10.1. The van der Waals surface area contributed by atoms with Gasteiger partial charge in [0, 0.05) is 6.20 Å². The third kappa shape index (κ3) is 3.60. The SMILES string of the molecule is CC1(C)OCC(c2ccnc3c2c(C#N)nn3-c2ccc(S(F)(F)(F)(F)F)cc2)O1. The summed E-state index contributed by atoms with van der Waals surface area (Å²) in [5.74, 6) is -0.829. The molecule has 1 aliphatic heterocycles. The maximum absolute atomic E-state index is 13.0. The highest BCUT2D eigenvalue weighted by Gasteiger charge is 2.65. The number of halogens is 5. The van der Waals surface area contributed by atoms with E-state index in [0.717, 1.165) is 16.8 Å². The van der Waals surface area contributed by atoms with Gasteiger partial charge in [-0.25, -0.2) is 9.67 Å². The largest absolute Gasteiger partial charge is 0.347 e. The molecule has 1 aliphatic rings. The van der Waals surface area contributed by atoms with E-state index >= 15 is 0 Å². The van der Waals surface area contributed by atoms with E-state index in [1.54, 1.807) is 19.9 Å². The van der Waals surface area contributed by atoms with E-state index in [2.05, 4.69) is 10.1 Å². The number of aromatic nitrogens is 3. The van der Waals surface area contributed by atoms with Gasteiger partial charge in [0.1, 0.15) is 17.1 Å². The van der Waals surface area contributed by atoms with Crippen LogP contribution in [-0.2, 0) is 9.47 Å². The first-order chi connectivity index (χ1) is 13.7. The molecular formula is C18H15F5N4O2S. The zero-order valence-electron chi connectivity index (χ0n) is 15.7. The van der Waals surface area contributed by atoms with Crippen LogP contribution in [0.3, 0.4) is 0 Å². The lowest BCUT2D eigenvalue weighted by molar-refractivity contribution is -0.138. The third-order valence-corrected chi connectivity index (χ3v) is 5.75. The highest BCUT2D eigenvalue weighted by Crippen LogP contribution is 3.02. The molecule has 3 heterocycles. The number of benzene rings is 1. The molecular weight excluding hydrogens is 431 g/mol. The van der Waals surface area contributed by atoms with Crippen LogP contribution in [0.25, 0.3) is 16.7 Å². The summed E-state index contributed by atoms with van der Waals surface area (Å²) in [6.07, 6.45) is 0.931. The van der Waals surface area contributed by atoms with E-state index in [-0.39, 0.29) is 35.8 Å². The van der Waals surface area contributed by atoms with Crippen molar-refractivity contribution < 1.29 is 28.9 Å². The second-order valence-corrected chi connectivity index (χ2v) is 9.66. The first-order valence-electron chi connectivity index (χ1n) is 8.62. The quantitative estimate of drug-likeness (QED) is 0.478. The molecule has 1 saturated heterocycles. The van der Waals surface area contributed by atoms with Gasteiger partial charge < -0.3 is 9.47 Å². The van der Waals surface area contributed by atoms with Gasteiger partial charge in [0.15, 0.2) is 17.1 Å². The van der Waals surface area contributed by atoms with E-state index < -0.39 is 27.0 Å². The zero-order valence-corrected chi connectivity index (χ0v) is 16.5. The summed E-state index contributed by atoms with van der Waals surface area (Å²) < 4.78 is 77.4. The lowest BCUT2D eigenvalue weighted by Crippen LogP contribution is -2.19. The average molecular weight is 446 g/mol. The Morgan fingerprint density at radius 2 is 1.80 bits per heavy atom. The van der Waals surface area contributed by atoms with Crippen molar-refractivity contribution in [3.8, 4) is 11.8 Å². The van der Waals surface area contributed by atoms with Crippen LogP contribution in [0, 0.1) is 11.3 Å². The molecule has 3 aromatic rings. The van der Waals surface area contributed by atoms with E-state index in [9.17, 15) is 24.7 Å². The highest BCUT2D eigenvalue weighted by atomic mass is 32.5. The molecule has 160 valence electrons. The van der Waals surface area contributed by atoms with Crippen LogP contribution in [0.15, 0.2) is 41.4 Å². The molecule has 0 amide bonds.